The van der Waals surface area contributed by atoms with Gasteiger partial charge in [0.2, 0.25) is 0 Å². The number of carboxylic acids is 1. The average molecular weight is 585 g/mol. The number of carboxylic acid groups (broad SMARTS) is 1. The van der Waals surface area contributed by atoms with Gasteiger partial charge in [0.1, 0.15) is 5.60 Å². The van der Waals surface area contributed by atoms with Gasteiger partial charge in [-0.05, 0) is 50.9 Å². The summed E-state index contributed by atoms with van der Waals surface area (Å²) in [5, 5.41) is 21.8. The molecule has 0 aliphatic rings. The van der Waals surface area contributed by atoms with Crippen molar-refractivity contribution in [3.05, 3.63) is 0 Å². The van der Waals surface area contributed by atoms with E-state index in [9.17, 15) is 24.6 Å². The third-order valence-electron chi connectivity index (χ3n) is 8.30. The first-order valence-electron chi connectivity index (χ1n) is 16.9. The summed E-state index contributed by atoms with van der Waals surface area (Å²) in [4.78, 5) is 39.9. The molecule has 7 nitrogen and oxygen atoms in total. The van der Waals surface area contributed by atoms with Gasteiger partial charge in [-0.25, -0.2) is 4.79 Å². The van der Waals surface area contributed by atoms with Crippen LogP contribution in [0.25, 0.3) is 0 Å². The van der Waals surface area contributed by atoms with Crippen molar-refractivity contribution in [3.63, 3.8) is 0 Å². The first kappa shape index (κ1) is 39.4. The molecule has 0 aliphatic heterocycles. The summed E-state index contributed by atoms with van der Waals surface area (Å²) >= 11 is 0. The number of ether oxygens (including phenoxy) is 2. The lowest BCUT2D eigenvalue weighted by Crippen LogP contribution is -2.56. The summed E-state index contributed by atoms with van der Waals surface area (Å²) in [5.74, 6) is -4.71. The number of carbonyl (C=O) groups is 3. The zero-order chi connectivity index (χ0) is 31.2. The zero-order valence-corrected chi connectivity index (χ0v) is 27.4. The fourth-order valence-corrected chi connectivity index (χ4v) is 6.23. The van der Waals surface area contributed by atoms with E-state index in [0.717, 1.165) is 89.9 Å². The van der Waals surface area contributed by atoms with Gasteiger partial charge < -0.3 is 19.7 Å². The quantitative estimate of drug-likeness (QED) is 0.0733. The summed E-state index contributed by atoms with van der Waals surface area (Å²) in [6.07, 6.45) is 15.4. The van der Waals surface area contributed by atoms with E-state index in [1.54, 1.807) is 0 Å². The topological polar surface area (TPSA) is 110 Å². The van der Waals surface area contributed by atoms with E-state index in [0.29, 0.717) is 32.1 Å². The van der Waals surface area contributed by atoms with Crippen LogP contribution in [0.3, 0.4) is 0 Å². The molecule has 0 aromatic heterocycles. The smallest absolute Gasteiger partial charge is 0.339 e. The van der Waals surface area contributed by atoms with E-state index in [-0.39, 0.29) is 6.61 Å². The van der Waals surface area contributed by atoms with Crippen LogP contribution >= 0.6 is 0 Å². The molecule has 0 spiro atoms. The largest absolute Gasteiger partial charge is 0.481 e. The van der Waals surface area contributed by atoms with Crippen molar-refractivity contribution in [2.75, 3.05) is 6.61 Å². The number of unbranched alkanes of at least 4 members (excludes halogenated alkanes) is 8. The Labute approximate surface area is 251 Å². The number of hydrogen-bond acceptors (Lipinski definition) is 6. The second-order valence-electron chi connectivity index (χ2n) is 12.1. The Hall–Kier alpha value is -1.63. The van der Waals surface area contributed by atoms with Crippen molar-refractivity contribution < 1.29 is 34.1 Å². The first-order chi connectivity index (χ1) is 19.6. The van der Waals surface area contributed by atoms with Crippen molar-refractivity contribution in [2.45, 2.75) is 181 Å². The number of esters is 2. The van der Waals surface area contributed by atoms with Crippen LogP contribution in [0, 0.1) is 11.8 Å². The molecule has 3 atom stereocenters. The Morgan fingerprint density at radius 1 is 0.659 bits per heavy atom. The van der Waals surface area contributed by atoms with Crippen LogP contribution in [0.2, 0.25) is 0 Å². The molecule has 0 bridgehead atoms. The van der Waals surface area contributed by atoms with Gasteiger partial charge in [-0.2, -0.15) is 0 Å². The van der Waals surface area contributed by atoms with Gasteiger partial charge in [-0.3, -0.25) is 9.59 Å². The van der Waals surface area contributed by atoms with E-state index in [1.165, 1.54) is 0 Å². The van der Waals surface area contributed by atoms with Gasteiger partial charge in [0.15, 0.2) is 5.60 Å². The second kappa shape index (κ2) is 22.9. The van der Waals surface area contributed by atoms with Crippen molar-refractivity contribution in [1.82, 2.24) is 0 Å². The Bertz CT molecular complexity index is 701. The summed E-state index contributed by atoms with van der Waals surface area (Å²) in [6.45, 7) is 12.6. The monoisotopic (exact) mass is 584 g/mol. The van der Waals surface area contributed by atoms with E-state index >= 15 is 0 Å². The predicted molar refractivity (Wildman–Crippen MR) is 166 cm³/mol. The van der Waals surface area contributed by atoms with Crippen molar-refractivity contribution in [2.24, 2.45) is 11.8 Å². The predicted octanol–water partition coefficient (Wildman–Crippen LogP) is 8.78. The average Bonchev–Trinajstić information content (AvgIpc) is 2.91. The standard InChI is InChI=1S/C34H64O7/c1-7-13-16-18-22-28(21-10-4)30(34(39,27-29(35)36)32(38)40-26-20-15-9-3)31(37)41-33(23-11-5,24-12-6)25-19-17-14-8-2/h28,30,39H,7-27H2,1-6H3,(H,35,36). The van der Waals surface area contributed by atoms with E-state index in [4.69, 9.17) is 9.47 Å². The van der Waals surface area contributed by atoms with Crippen molar-refractivity contribution in [3.8, 4) is 0 Å². The summed E-state index contributed by atoms with van der Waals surface area (Å²) in [7, 11) is 0. The summed E-state index contributed by atoms with van der Waals surface area (Å²) in [6, 6.07) is 0. The Morgan fingerprint density at radius 3 is 1.73 bits per heavy atom. The maximum absolute atomic E-state index is 14.3. The van der Waals surface area contributed by atoms with E-state index in [1.807, 2.05) is 13.8 Å². The third kappa shape index (κ3) is 14.9. The molecule has 0 aromatic carbocycles. The van der Waals surface area contributed by atoms with Crippen LogP contribution in [0.4, 0.5) is 0 Å². The minimum Gasteiger partial charge on any atom is -0.481 e. The second-order valence-corrected chi connectivity index (χ2v) is 12.1. The van der Waals surface area contributed by atoms with Gasteiger partial charge >= 0.3 is 17.9 Å². The molecule has 0 fully saturated rings. The zero-order valence-electron chi connectivity index (χ0n) is 27.4. The number of aliphatic hydroxyl groups is 1. The molecule has 3 unspecified atom stereocenters. The molecule has 41 heavy (non-hydrogen) atoms. The van der Waals surface area contributed by atoms with Crippen molar-refractivity contribution >= 4 is 17.9 Å². The molecule has 0 heterocycles. The fraction of sp³-hybridized carbons (Fsp3) is 0.912. The molecule has 7 heteroatoms. The van der Waals surface area contributed by atoms with E-state index < -0.39 is 47.4 Å². The lowest BCUT2D eigenvalue weighted by Gasteiger charge is -2.40. The molecule has 0 saturated carbocycles. The highest BCUT2D eigenvalue weighted by atomic mass is 16.6. The molecule has 0 amide bonds. The maximum Gasteiger partial charge on any atom is 0.339 e. The highest BCUT2D eigenvalue weighted by molar-refractivity contribution is 5.91. The van der Waals surface area contributed by atoms with E-state index in [2.05, 4.69) is 27.7 Å². The molecular weight excluding hydrogens is 520 g/mol. The molecule has 2 N–H and O–H groups in total. The van der Waals surface area contributed by atoms with Crippen molar-refractivity contribution in [1.29, 1.82) is 0 Å². The SMILES string of the molecule is CCCCCCC(CCC)C(C(=O)OC(CCC)(CCC)CCCCCC)C(O)(CC(=O)O)C(=O)OCCCCC. The normalized spacial score (nSPS) is 14.7. The third-order valence-corrected chi connectivity index (χ3v) is 8.30. The van der Waals surface area contributed by atoms with Gasteiger partial charge in [-0.15, -0.1) is 0 Å². The molecule has 242 valence electrons. The van der Waals surface area contributed by atoms with Crippen LogP contribution in [0.5, 0.6) is 0 Å². The highest BCUT2D eigenvalue weighted by Gasteiger charge is 2.55. The molecule has 0 saturated heterocycles. The molecule has 0 aliphatic carbocycles. The van der Waals surface area contributed by atoms with Crippen LogP contribution in [-0.2, 0) is 23.9 Å². The van der Waals surface area contributed by atoms with Gasteiger partial charge in [0, 0.05) is 0 Å². The Kier molecular flexibility index (Phi) is 22.0. The molecular formula is C34H64O7. The van der Waals surface area contributed by atoms with Crippen LogP contribution in [0.15, 0.2) is 0 Å². The molecule has 0 radical (unpaired) electrons. The van der Waals surface area contributed by atoms with Gasteiger partial charge in [-0.1, -0.05) is 119 Å². The molecule has 0 aromatic rings. The fourth-order valence-electron chi connectivity index (χ4n) is 6.23. The summed E-state index contributed by atoms with van der Waals surface area (Å²) < 4.78 is 11.9. The van der Waals surface area contributed by atoms with Gasteiger partial charge in [0.05, 0.1) is 18.9 Å². The van der Waals surface area contributed by atoms with Crippen LogP contribution < -0.4 is 0 Å². The van der Waals surface area contributed by atoms with Crippen LogP contribution in [-0.4, -0.2) is 45.9 Å². The minimum atomic E-state index is -2.49. The Morgan fingerprint density at radius 2 is 1.22 bits per heavy atom. The number of aliphatic carboxylic acids is 1. The highest BCUT2D eigenvalue weighted by Crippen LogP contribution is 2.40. The minimum absolute atomic E-state index is 0.0817. The first-order valence-corrected chi connectivity index (χ1v) is 16.9. The number of rotatable bonds is 27. The lowest BCUT2D eigenvalue weighted by atomic mass is 9.72. The lowest BCUT2D eigenvalue weighted by molar-refractivity contribution is -0.198. The Balaban J connectivity index is 6.62. The number of hydrogen-bond donors (Lipinski definition) is 2. The van der Waals surface area contributed by atoms with Crippen LogP contribution in [0.1, 0.15) is 170 Å². The summed E-state index contributed by atoms with van der Waals surface area (Å²) in [5.41, 5.74) is -3.19. The van der Waals surface area contributed by atoms with Gasteiger partial charge in [0.25, 0.3) is 0 Å². The molecule has 0 rings (SSSR count). The maximum atomic E-state index is 14.3. The number of carbonyl (C=O) groups excluding carboxylic acids is 2.